The maximum absolute atomic E-state index is 11.1. The fraction of sp³-hybridized carbons (Fsp3) is 0.0500. The molecular weight excluding hydrogens is 412 g/mol. The van der Waals surface area contributed by atoms with E-state index in [0.717, 1.165) is 21.7 Å². The fourth-order valence-electron chi connectivity index (χ4n) is 2.13. The van der Waals surface area contributed by atoms with E-state index in [4.69, 9.17) is 16.1 Å². The number of carbonyl (C=O) groups excluding carboxylic acids is 1. The van der Waals surface area contributed by atoms with Gasteiger partial charge < -0.3 is 10.8 Å². The van der Waals surface area contributed by atoms with Crippen LogP contribution in [0.1, 0.15) is 22.8 Å². The third kappa shape index (κ3) is 5.57. The van der Waals surface area contributed by atoms with Crippen LogP contribution in [-0.4, -0.2) is 17.4 Å². The third-order valence-corrected chi connectivity index (χ3v) is 6.19. The number of carbonyl (C=O) groups is 2. The molecule has 2 heterocycles. The second-order valence-electron chi connectivity index (χ2n) is 5.25. The maximum Gasteiger partial charge on any atom is 0.339 e. The molecule has 8 heteroatoms. The molecule has 0 aliphatic carbocycles. The van der Waals surface area contributed by atoms with Crippen molar-refractivity contribution in [2.24, 2.45) is 0 Å². The number of hydrogen-bond donors (Lipinski definition) is 2. The Balaban J connectivity index is 0.000000221. The molecule has 0 radical (unpaired) electrons. The fourth-order valence-corrected chi connectivity index (χ4v) is 4.48. The first-order valence-corrected chi connectivity index (χ1v) is 10.6. The van der Waals surface area contributed by atoms with E-state index in [0.29, 0.717) is 11.1 Å². The molecule has 3 aromatic rings. The number of nitrogens with two attached hydrogens (primary N) is 1. The lowest BCUT2D eigenvalue weighted by atomic mass is 10.0. The first kappa shape index (κ1) is 21.4. The van der Waals surface area contributed by atoms with Crippen molar-refractivity contribution in [3.8, 4) is 17.2 Å². The molecule has 0 atom stereocenters. The summed E-state index contributed by atoms with van der Waals surface area (Å²) in [6.07, 6.45) is 2.69. The van der Waals surface area contributed by atoms with Gasteiger partial charge in [-0.05, 0) is 36.1 Å². The monoisotopic (exact) mass is 428 g/mol. The Labute approximate surface area is 174 Å². The van der Waals surface area contributed by atoms with Crippen LogP contribution in [0.2, 0.25) is 0 Å². The molecule has 2 aromatic heterocycles. The van der Waals surface area contributed by atoms with Crippen LogP contribution in [0.15, 0.2) is 62.3 Å². The van der Waals surface area contributed by atoms with Gasteiger partial charge in [-0.2, -0.15) is 16.6 Å². The van der Waals surface area contributed by atoms with Crippen molar-refractivity contribution in [1.29, 1.82) is 5.26 Å². The van der Waals surface area contributed by atoms with Gasteiger partial charge in [0, 0.05) is 26.1 Å². The quantitative estimate of drug-likeness (QED) is 0.315. The number of hydrogen-bond acceptors (Lipinski definition) is 7. The van der Waals surface area contributed by atoms with Crippen LogP contribution >= 0.6 is 34.4 Å². The van der Waals surface area contributed by atoms with Gasteiger partial charge in [-0.15, -0.1) is 11.3 Å². The van der Waals surface area contributed by atoms with Crippen LogP contribution in [0.25, 0.3) is 11.1 Å². The number of anilines is 1. The van der Waals surface area contributed by atoms with Crippen molar-refractivity contribution >= 4 is 51.7 Å². The molecule has 0 aliphatic heterocycles. The first-order chi connectivity index (χ1) is 13.5. The van der Waals surface area contributed by atoms with Gasteiger partial charge in [0.05, 0.1) is 11.6 Å². The molecule has 3 rings (SSSR count). The smallest absolute Gasteiger partial charge is 0.339 e. The average Bonchev–Trinajstić information content (AvgIpc) is 3.36. The predicted octanol–water partition coefficient (Wildman–Crippen LogP) is 5.51. The minimum absolute atomic E-state index is 0.125. The average molecular weight is 429 g/mol. The molecule has 0 amide bonds. The molecule has 1 aromatic carbocycles. The van der Waals surface area contributed by atoms with E-state index in [1.807, 2.05) is 35.9 Å². The van der Waals surface area contributed by atoms with Gasteiger partial charge in [0.15, 0.2) is 6.29 Å². The number of allylic oxidation sites excluding steroid dienone is 2. The highest BCUT2D eigenvalue weighted by molar-refractivity contribution is 8.04. The Morgan fingerprint density at radius 3 is 2.46 bits per heavy atom. The topological polar surface area (TPSA) is 104 Å². The minimum atomic E-state index is -1.04. The van der Waals surface area contributed by atoms with Gasteiger partial charge in [0.2, 0.25) is 0 Å². The lowest BCUT2D eigenvalue weighted by molar-refractivity contribution is -0.104. The molecule has 3 N–H and O–H groups in total. The zero-order valence-electron chi connectivity index (χ0n) is 14.8. The summed E-state index contributed by atoms with van der Waals surface area (Å²) in [7, 11) is 0. The summed E-state index contributed by atoms with van der Waals surface area (Å²) in [6.45, 7) is 1.86. The number of carboxylic acid groups (broad SMARTS) is 1. The molecular formula is C20H16N2O3S3. The molecule has 5 nitrogen and oxygen atoms in total. The van der Waals surface area contributed by atoms with Crippen LogP contribution < -0.4 is 5.73 Å². The zero-order chi connectivity index (χ0) is 20.5. The first-order valence-electron chi connectivity index (χ1n) is 7.92. The zero-order valence-corrected chi connectivity index (χ0v) is 17.2. The van der Waals surface area contributed by atoms with Crippen LogP contribution in [0.4, 0.5) is 5.00 Å². The number of aldehydes is 1. The summed E-state index contributed by atoms with van der Waals surface area (Å²) in [6, 6.07) is 10.7. The van der Waals surface area contributed by atoms with Gasteiger partial charge in [0.25, 0.3) is 0 Å². The normalized spacial score (nSPS) is 10.5. The van der Waals surface area contributed by atoms with Crippen molar-refractivity contribution in [1.82, 2.24) is 0 Å². The SMILES string of the molecule is C/C=C(/C=O)Sc1ccsc1.N#Cc1ccc(-c2csc(N)c2C(=O)O)cc1. The molecule has 0 fully saturated rings. The van der Waals surface area contributed by atoms with Crippen LogP contribution in [0, 0.1) is 11.3 Å². The number of carboxylic acids is 1. The highest BCUT2D eigenvalue weighted by Gasteiger charge is 2.17. The molecule has 0 unspecified atom stereocenters. The van der Waals surface area contributed by atoms with E-state index in [9.17, 15) is 9.59 Å². The summed E-state index contributed by atoms with van der Waals surface area (Å²) >= 11 is 4.33. The van der Waals surface area contributed by atoms with Crippen LogP contribution in [0.5, 0.6) is 0 Å². The number of thioether (sulfide) groups is 1. The number of nitrogen functional groups attached to an aromatic ring is 1. The summed E-state index contributed by atoms with van der Waals surface area (Å²) in [4.78, 5) is 23.4. The maximum atomic E-state index is 11.1. The highest BCUT2D eigenvalue weighted by atomic mass is 32.2. The number of rotatable bonds is 5. The predicted molar refractivity (Wildman–Crippen MR) is 116 cm³/mol. The van der Waals surface area contributed by atoms with Crippen LogP contribution in [0.3, 0.4) is 0 Å². The third-order valence-electron chi connectivity index (χ3n) is 3.49. The number of nitrogens with zero attached hydrogens (tertiary/aromatic N) is 1. The summed E-state index contributed by atoms with van der Waals surface area (Å²) in [5.74, 6) is -1.04. The Morgan fingerprint density at radius 1 is 1.25 bits per heavy atom. The van der Waals surface area contributed by atoms with Crippen LogP contribution in [-0.2, 0) is 4.79 Å². The van der Waals surface area contributed by atoms with Crippen molar-refractivity contribution in [3.63, 3.8) is 0 Å². The Hall–Kier alpha value is -2.86. The van der Waals surface area contributed by atoms with E-state index < -0.39 is 5.97 Å². The number of benzene rings is 1. The van der Waals surface area contributed by atoms with Crippen molar-refractivity contribution in [2.45, 2.75) is 11.8 Å². The molecule has 28 heavy (non-hydrogen) atoms. The standard InChI is InChI=1S/C12H8N2O2S.C8H8OS2/c13-5-7-1-3-8(4-2-7)9-6-17-11(14)10(9)12(15)16;1-2-7(5-9)11-8-3-4-10-6-8/h1-4,6H,14H2,(H,15,16);2-6H,1H3/b;7-2-. The van der Waals surface area contributed by atoms with Gasteiger partial charge in [0.1, 0.15) is 10.6 Å². The number of aromatic carboxylic acids is 1. The van der Waals surface area contributed by atoms with Crippen molar-refractivity contribution in [2.75, 3.05) is 5.73 Å². The number of thiophene rings is 2. The van der Waals surface area contributed by atoms with E-state index in [1.165, 1.54) is 23.1 Å². The summed E-state index contributed by atoms with van der Waals surface area (Å²) in [5.41, 5.74) is 7.61. The molecule has 0 aliphatic rings. The number of nitriles is 1. The Bertz CT molecular complexity index is 1010. The van der Waals surface area contributed by atoms with E-state index >= 15 is 0 Å². The molecule has 0 saturated heterocycles. The van der Waals surface area contributed by atoms with E-state index in [1.54, 1.807) is 41.0 Å². The van der Waals surface area contributed by atoms with Gasteiger partial charge in [-0.3, -0.25) is 4.79 Å². The molecule has 0 bridgehead atoms. The highest BCUT2D eigenvalue weighted by Crippen LogP contribution is 2.33. The van der Waals surface area contributed by atoms with Gasteiger partial charge >= 0.3 is 5.97 Å². The van der Waals surface area contributed by atoms with Crippen molar-refractivity contribution < 1.29 is 14.7 Å². The second-order valence-corrected chi connectivity index (χ2v) is 8.09. The van der Waals surface area contributed by atoms with Crippen molar-refractivity contribution in [3.05, 3.63) is 68.6 Å². The van der Waals surface area contributed by atoms with E-state index in [2.05, 4.69) is 0 Å². The Morgan fingerprint density at radius 2 is 1.96 bits per heavy atom. The van der Waals surface area contributed by atoms with Gasteiger partial charge in [-0.25, -0.2) is 4.79 Å². The lowest BCUT2D eigenvalue weighted by Gasteiger charge is -2.01. The second kappa shape index (κ2) is 10.5. The molecule has 0 spiro atoms. The minimum Gasteiger partial charge on any atom is -0.478 e. The largest absolute Gasteiger partial charge is 0.478 e. The summed E-state index contributed by atoms with van der Waals surface area (Å²) < 4.78 is 0. The molecule has 0 saturated carbocycles. The Kier molecular flexibility index (Phi) is 8.02. The van der Waals surface area contributed by atoms with E-state index in [-0.39, 0.29) is 10.6 Å². The van der Waals surface area contributed by atoms with Gasteiger partial charge in [-0.1, -0.05) is 30.0 Å². The lowest BCUT2D eigenvalue weighted by Crippen LogP contribution is -2.00. The summed E-state index contributed by atoms with van der Waals surface area (Å²) in [5, 5.41) is 23.8. The molecule has 142 valence electrons.